The molecule has 8 heteroatoms. The van der Waals surface area contributed by atoms with E-state index in [4.69, 9.17) is 14.2 Å². The second-order valence-corrected chi connectivity index (χ2v) is 11.1. The minimum atomic E-state index is -3.65. The zero-order valence-corrected chi connectivity index (χ0v) is 20.2. The van der Waals surface area contributed by atoms with E-state index in [-0.39, 0.29) is 18.6 Å². The Bertz CT molecular complexity index is 913. The first kappa shape index (κ1) is 23.9. The van der Waals surface area contributed by atoms with E-state index in [9.17, 15) is 13.2 Å². The van der Waals surface area contributed by atoms with Gasteiger partial charge in [0, 0.05) is 12.1 Å². The third-order valence-electron chi connectivity index (χ3n) is 6.72. The van der Waals surface area contributed by atoms with Crippen molar-refractivity contribution >= 4 is 16.0 Å². The number of ether oxygens (including phenoxy) is 3. The van der Waals surface area contributed by atoms with Gasteiger partial charge in [-0.3, -0.25) is 0 Å². The van der Waals surface area contributed by atoms with Crippen LogP contribution in [0.3, 0.4) is 0 Å². The molecule has 0 spiro atoms. The van der Waals surface area contributed by atoms with E-state index in [2.05, 4.69) is 20.8 Å². The largest absolute Gasteiger partial charge is 0.493 e. The first-order chi connectivity index (χ1) is 14.6. The quantitative estimate of drug-likeness (QED) is 0.613. The van der Waals surface area contributed by atoms with Gasteiger partial charge in [0.2, 0.25) is 10.0 Å². The van der Waals surface area contributed by atoms with Crippen LogP contribution < -0.4 is 9.47 Å². The number of nitrogens with zero attached hydrogens (tertiary/aromatic N) is 1. The highest BCUT2D eigenvalue weighted by molar-refractivity contribution is 7.88. The number of benzene rings is 1. The molecular formula is C23H35NO6S. The molecule has 0 aromatic heterocycles. The van der Waals surface area contributed by atoms with Gasteiger partial charge in [0.1, 0.15) is 6.10 Å². The highest BCUT2D eigenvalue weighted by Gasteiger charge is 2.44. The summed E-state index contributed by atoms with van der Waals surface area (Å²) in [5.74, 6) is 1.41. The summed E-state index contributed by atoms with van der Waals surface area (Å²) in [7, 11) is -0.636. The highest BCUT2D eigenvalue weighted by atomic mass is 32.2. The summed E-state index contributed by atoms with van der Waals surface area (Å²) in [6, 6.07) is 2.57. The Kier molecular flexibility index (Phi) is 7.21. The van der Waals surface area contributed by atoms with Crippen molar-refractivity contribution in [1.29, 1.82) is 0 Å². The van der Waals surface area contributed by atoms with Gasteiger partial charge < -0.3 is 14.2 Å². The first-order valence-electron chi connectivity index (χ1n) is 11.0. The van der Waals surface area contributed by atoms with Crippen LogP contribution in [0.15, 0.2) is 12.1 Å². The fourth-order valence-electron chi connectivity index (χ4n) is 5.07. The van der Waals surface area contributed by atoms with E-state index in [1.165, 1.54) is 18.5 Å². The molecule has 2 aliphatic rings. The number of esters is 1. The first-order valence-corrected chi connectivity index (χ1v) is 12.8. The maximum atomic E-state index is 13.6. The van der Waals surface area contributed by atoms with Crippen molar-refractivity contribution < 1.29 is 27.4 Å². The zero-order valence-electron chi connectivity index (χ0n) is 19.4. The Hall–Kier alpha value is -1.80. The van der Waals surface area contributed by atoms with E-state index in [0.29, 0.717) is 35.3 Å². The Morgan fingerprint density at radius 2 is 1.87 bits per heavy atom. The van der Waals surface area contributed by atoms with Crippen molar-refractivity contribution in [2.24, 2.45) is 17.8 Å². The lowest BCUT2D eigenvalue weighted by molar-refractivity contribution is -0.161. The molecule has 1 aromatic carbocycles. The summed E-state index contributed by atoms with van der Waals surface area (Å²) in [6.07, 6.45) is 4.31. The predicted octanol–water partition coefficient (Wildman–Crippen LogP) is 3.57. The van der Waals surface area contributed by atoms with Gasteiger partial charge in [-0.1, -0.05) is 33.3 Å². The molecular weight excluding hydrogens is 418 g/mol. The summed E-state index contributed by atoms with van der Waals surface area (Å²) in [4.78, 5) is 13.6. The lowest BCUT2D eigenvalue weighted by Crippen LogP contribution is -2.46. The highest BCUT2D eigenvalue weighted by Crippen LogP contribution is 2.44. The van der Waals surface area contributed by atoms with E-state index in [0.717, 1.165) is 31.1 Å². The van der Waals surface area contributed by atoms with Crippen LogP contribution in [0.1, 0.15) is 57.2 Å². The maximum absolute atomic E-state index is 13.6. The van der Waals surface area contributed by atoms with Crippen LogP contribution in [-0.2, 0) is 26.0 Å². The summed E-state index contributed by atoms with van der Waals surface area (Å²) < 4.78 is 43.6. The molecule has 0 saturated heterocycles. The smallest absolute Gasteiger partial charge is 0.329 e. The molecule has 1 aromatic rings. The van der Waals surface area contributed by atoms with Gasteiger partial charge in [-0.25, -0.2) is 13.2 Å². The van der Waals surface area contributed by atoms with Crippen molar-refractivity contribution in [3.63, 3.8) is 0 Å². The van der Waals surface area contributed by atoms with Crippen molar-refractivity contribution in [1.82, 2.24) is 4.31 Å². The normalized spacial score (nSPS) is 26.9. The molecule has 31 heavy (non-hydrogen) atoms. The summed E-state index contributed by atoms with van der Waals surface area (Å²) in [5.41, 5.74) is 1.39. The second-order valence-electron chi connectivity index (χ2n) is 9.20. The molecule has 0 bridgehead atoms. The van der Waals surface area contributed by atoms with Crippen LogP contribution in [0.25, 0.3) is 0 Å². The van der Waals surface area contributed by atoms with Gasteiger partial charge in [-0.2, -0.15) is 4.31 Å². The van der Waals surface area contributed by atoms with E-state index in [1.807, 2.05) is 6.07 Å². The number of fused-ring (bicyclic) bond motifs is 1. The number of methoxy groups -OCH3 is 2. The second kappa shape index (κ2) is 9.36. The molecule has 1 unspecified atom stereocenters. The summed E-state index contributed by atoms with van der Waals surface area (Å²) in [6.45, 7) is 6.68. The monoisotopic (exact) mass is 453 g/mol. The molecule has 7 nitrogen and oxygen atoms in total. The molecule has 0 radical (unpaired) electrons. The average Bonchev–Trinajstić information content (AvgIpc) is 2.70. The fourth-order valence-corrected chi connectivity index (χ4v) is 6.07. The zero-order chi connectivity index (χ0) is 22.9. The molecule has 174 valence electrons. The molecule has 0 amide bonds. The lowest BCUT2D eigenvalue weighted by atomic mass is 9.75. The molecule has 3 rings (SSSR count). The third kappa shape index (κ3) is 4.85. The summed E-state index contributed by atoms with van der Waals surface area (Å²) in [5, 5.41) is 0. The number of carbonyl (C=O) groups excluding carboxylic acids is 1. The standard InChI is InChI=1S/C23H35NO6S/c1-14(2)17-9-7-15(3)13-19(17)30-23(25)21-20-16(11-12-24(21)31(6,26)27)8-10-18(28-4)22(20)29-5/h8,10,14-15,17,19,21H,7,9,11-13H2,1-6H3/t15-,17+,19-,21?/m1/s1. The Morgan fingerprint density at radius 3 is 2.45 bits per heavy atom. The molecule has 1 aliphatic carbocycles. The van der Waals surface area contributed by atoms with Gasteiger partial charge in [-0.05, 0) is 48.6 Å². The number of hydrogen-bond donors (Lipinski definition) is 0. The lowest BCUT2D eigenvalue weighted by Gasteiger charge is -2.39. The Balaban J connectivity index is 2.04. The van der Waals surface area contributed by atoms with E-state index in [1.54, 1.807) is 6.07 Å². The predicted molar refractivity (Wildman–Crippen MR) is 119 cm³/mol. The van der Waals surface area contributed by atoms with Crippen LogP contribution in [0.4, 0.5) is 0 Å². The number of rotatable bonds is 6. The maximum Gasteiger partial charge on any atom is 0.329 e. The van der Waals surface area contributed by atoms with Gasteiger partial charge in [0.25, 0.3) is 0 Å². The summed E-state index contributed by atoms with van der Waals surface area (Å²) >= 11 is 0. The minimum absolute atomic E-state index is 0.218. The fraction of sp³-hybridized carbons (Fsp3) is 0.696. The van der Waals surface area contributed by atoms with Gasteiger partial charge in [0.15, 0.2) is 17.5 Å². The Labute approximate surface area is 186 Å². The minimum Gasteiger partial charge on any atom is -0.493 e. The number of carbonyl (C=O) groups is 1. The van der Waals surface area contributed by atoms with E-state index >= 15 is 0 Å². The topological polar surface area (TPSA) is 82.1 Å². The van der Waals surface area contributed by atoms with Gasteiger partial charge in [0.05, 0.1) is 20.5 Å². The molecule has 4 atom stereocenters. The van der Waals surface area contributed by atoms with Crippen molar-refractivity contribution in [2.45, 2.75) is 58.6 Å². The van der Waals surface area contributed by atoms with Crippen LogP contribution in [0.2, 0.25) is 0 Å². The van der Waals surface area contributed by atoms with Crippen LogP contribution >= 0.6 is 0 Å². The van der Waals surface area contributed by atoms with Crippen LogP contribution in [0, 0.1) is 17.8 Å². The van der Waals surface area contributed by atoms with Crippen molar-refractivity contribution in [2.75, 3.05) is 27.0 Å². The molecule has 0 N–H and O–H groups in total. The average molecular weight is 454 g/mol. The third-order valence-corrected chi connectivity index (χ3v) is 7.96. The molecule has 1 fully saturated rings. The van der Waals surface area contributed by atoms with Gasteiger partial charge in [-0.15, -0.1) is 0 Å². The van der Waals surface area contributed by atoms with Crippen LogP contribution in [0.5, 0.6) is 11.5 Å². The van der Waals surface area contributed by atoms with Gasteiger partial charge >= 0.3 is 5.97 Å². The number of sulfonamides is 1. The Morgan fingerprint density at radius 1 is 1.16 bits per heavy atom. The van der Waals surface area contributed by atoms with Crippen molar-refractivity contribution in [3.05, 3.63) is 23.3 Å². The SMILES string of the molecule is COc1ccc2c(c1OC)C(C(=O)O[C@@H]1C[C@H](C)CC[C@H]1C(C)C)N(S(C)(=O)=O)CC2. The van der Waals surface area contributed by atoms with E-state index < -0.39 is 22.0 Å². The van der Waals surface area contributed by atoms with Crippen LogP contribution in [-0.4, -0.2) is 51.8 Å². The molecule has 1 heterocycles. The van der Waals surface area contributed by atoms with Crippen molar-refractivity contribution in [3.8, 4) is 11.5 Å². The number of hydrogen-bond acceptors (Lipinski definition) is 6. The molecule has 1 aliphatic heterocycles. The molecule has 1 saturated carbocycles.